The number of rotatable bonds is 3. The average Bonchev–Trinajstić information content (AvgIpc) is 2.17. The second-order valence-electron chi connectivity index (χ2n) is 2.92. The van der Waals surface area contributed by atoms with Gasteiger partial charge in [0.15, 0.2) is 0 Å². The highest BCUT2D eigenvalue weighted by atomic mass is 16.5. The zero-order valence-electron chi connectivity index (χ0n) is 7.77. The van der Waals surface area contributed by atoms with Gasteiger partial charge in [-0.2, -0.15) is 0 Å². The number of methoxy groups -OCH3 is 1. The minimum atomic E-state index is -1.40. The Bertz CT molecular complexity index is 258. The van der Waals surface area contributed by atoms with Crippen molar-refractivity contribution in [1.82, 2.24) is 0 Å². The van der Waals surface area contributed by atoms with Crippen LogP contribution >= 0.6 is 0 Å². The van der Waals surface area contributed by atoms with Crippen molar-refractivity contribution in [2.45, 2.75) is 13.0 Å². The van der Waals surface area contributed by atoms with Crippen LogP contribution in [-0.4, -0.2) is 24.3 Å². The molecule has 13 heavy (non-hydrogen) atoms. The molecule has 0 aromatic heterocycles. The molecule has 0 aliphatic rings. The van der Waals surface area contributed by atoms with E-state index in [0.29, 0.717) is 5.46 Å². The summed E-state index contributed by atoms with van der Waals surface area (Å²) >= 11 is 0. The molecule has 0 saturated heterocycles. The highest BCUT2D eigenvalue weighted by Gasteiger charge is 2.10. The van der Waals surface area contributed by atoms with Crippen molar-refractivity contribution in [2.75, 3.05) is 7.11 Å². The van der Waals surface area contributed by atoms with Gasteiger partial charge < -0.3 is 14.8 Å². The second-order valence-corrected chi connectivity index (χ2v) is 2.92. The standard InChI is InChI=1S/C9H13BO3/c1-7(13-2)8-3-5-9(6-4-8)10(11)12/h3-7,11-12H,1-2H3/t7-/m1/s1. The van der Waals surface area contributed by atoms with Crippen molar-refractivity contribution in [3.05, 3.63) is 29.8 Å². The summed E-state index contributed by atoms with van der Waals surface area (Å²) < 4.78 is 5.11. The topological polar surface area (TPSA) is 49.7 Å². The van der Waals surface area contributed by atoms with Crippen LogP contribution in [-0.2, 0) is 4.74 Å². The lowest BCUT2D eigenvalue weighted by Crippen LogP contribution is -2.29. The van der Waals surface area contributed by atoms with E-state index in [1.165, 1.54) is 0 Å². The summed E-state index contributed by atoms with van der Waals surface area (Å²) in [5, 5.41) is 17.7. The molecule has 0 unspecified atom stereocenters. The third-order valence-electron chi connectivity index (χ3n) is 2.06. The van der Waals surface area contributed by atoms with Crippen molar-refractivity contribution < 1.29 is 14.8 Å². The van der Waals surface area contributed by atoms with Crippen LogP contribution in [0.3, 0.4) is 0 Å². The highest BCUT2D eigenvalue weighted by molar-refractivity contribution is 6.58. The molecule has 0 aliphatic carbocycles. The van der Waals surface area contributed by atoms with Crippen LogP contribution in [0.2, 0.25) is 0 Å². The van der Waals surface area contributed by atoms with Gasteiger partial charge in [-0.1, -0.05) is 24.3 Å². The average molecular weight is 180 g/mol. The van der Waals surface area contributed by atoms with Gasteiger partial charge in [-0.15, -0.1) is 0 Å². The van der Waals surface area contributed by atoms with Crippen molar-refractivity contribution >= 4 is 12.6 Å². The molecular weight excluding hydrogens is 167 g/mol. The maximum absolute atomic E-state index is 8.83. The molecule has 1 aromatic carbocycles. The molecule has 0 bridgehead atoms. The Labute approximate surface area is 78.1 Å². The van der Waals surface area contributed by atoms with Crippen LogP contribution in [0, 0.1) is 0 Å². The summed E-state index contributed by atoms with van der Waals surface area (Å²) in [6.07, 6.45) is 0.0323. The molecule has 3 nitrogen and oxygen atoms in total. The Morgan fingerprint density at radius 3 is 2.15 bits per heavy atom. The van der Waals surface area contributed by atoms with E-state index in [2.05, 4.69) is 0 Å². The second kappa shape index (κ2) is 4.41. The first-order valence-electron chi connectivity index (χ1n) is 4.14. The predicted octanol–water partition coefficient (Wildman–Crippen LogP) is 0.0738. The molecule has 0 aliphatic heterocycles. The number of hydrogen-bond donors (Lipinski definition) is 2. The monoisotopic (exact) mass is 180 g/mol. The van der Waals surface area contributed by atoms with Gasteiger partial charge in [0.25, 0.3) is 0 Å². The van der Waals surface area contributed by atoms with E-state index in [1.54, 1.807) is 19.2 Å². The van der Waals surface area contributed by atoms with E-state index in [9.17, 15) is 0 Å². The van der Waals surface area contributed by atoms with E-state index < -0.39 is 7.12 Å². The SMILES string of the molecule is CO[C@H](C)c1ccc(B(O)O)cc1. The van der Waals surface area contributed by atoms with Crippen molar-refractivity contribution in [1.29, 1.82) is 0 Å². The van der Waals surface area contributed by atoms with Gasteiger partial charge >= 0.3 is 7.12 Å². The van der Waals surface area contributed by atoms with Crippen molar-refractivity contribution in [3.63, 3.8) is 0 Å². The molecule has 0 saturated carbocycles. The zero-order valence-corrected chi connectivity index (χ0v) is 7.77. The number of benzene rings is 1. The lowest BCUT2D eigenvalue weighted by Gasteiger charge is -2.09. The Morgan fingerprint density at radius 1 is 1.23 bits per heavy atom. The molecule has 2 N–H and O–H groups in total. The largest absolute Gasteiger partial charge is 0.488 e. The molecule has 4 heteroatoms. The van der Waals surface area contributed by atoms with Gasteiger partial charge in [-0.25, -0.2) is 0 Å². The Hall–Kier alpha value is -0.835. The van der Waals surface area contributed by atoms with Crippen molar-refractivity contribution in [3.8, 4) is 0 Å². The molecule has 70 valence electrons. The quantitative estimate of drug-likeness (QED) is 0.647. The molecule has 0 fully saturated rings. The van der Waals surface area contributed by atoms with Gasteiger partial charge in [-0.3, -0.25) is 0 Å². The van der Waals surface area contributed by atoms with Crippen molar-refractivity contribution in [2.24, 2.45) is 0 Å². The molecule has 0 spiro atoms. The predicted molar refractivity (Wildman–Crippen MR) is 51.7 cm³/mol. The number of hydrogen-bond acceptors (Lipinski definition) is 3. The molecule has 1 atom stereocenters. The highest BCUT2D eigenvalue weighted by Crippen LogP contribution is 2.13. The van der Waals surface area contributed by atoms with Crippen LogP contribution in [0.25, 0.3) is 0 Å². The van der Waals surface area contributed by atoms with Crippen LogP contribution in [0.4, 0.5) is 0 Å². The van der Waals surface area contributed by atoms with E-state index in [4.69, 9.17) is 14.8 Å². The summed E-state index contributed by atoms with van der Waals surface area (Å²) in [6.45, 7) is 1.93. The lowest BCUT2D eigenvalue weighted by atomic mass is 9.80. The molecular formula is C9H13BO3. The van der Waals surface area contributed by atoms with E-state index in [1.807, 2.05) is 19.1 Å². The minimum Gasteiger partial charge on any atom is -0.423 e. The van der Waals surface area contributed by atoms with Gasteiger partial charge in [-0.05, 0) is 17.9 Å². The van der Waals surface area contributed by atoms with E-state index in [-0.39, 0.29) is 6.10 Å². The Kier molecular flexibility index (Phi) is 3.48. The Balaban J connectivity index is 2.81. The zero-order chi connectivity index (χ0) is 9.84. The van der Waals surface area contributed by atoms with Gasteiger partial charge in [0.2, 0.25) is 0 Å². The first-order valence-corrected chi connectivity index (χ1v) is 4.14. The third kappa shape index (κ3) is 2.55. The van der Waals surface area contributed by atoms with Crippen LogP contribution in [0.15, 0.2) is 24.3 Å². The minimum absolute atomic E-state index is 0.0323. The molecule has 0 radical (unpaired) electrons. The fourth-order valence-electron chi connectivity index (χ4n) is 1.08. The van der Waals surface area contributed by atoms with Crippen LogP contribution < -0.4 is 5.46 Å². The fraction of sp³-hybridized carbons (Fsp3) is 0.333. The Morgan fingerprint density at radius 2 is 1.77 bits per heavy atom. The maximum Gasteiger partial charge on any atom is 0.488 e. The number of ether oxygens (including phenoxy) is 1. The summed E-state index contributed by atoms with van der Waals surface area (Å²) in [5.41, 5.74) is 1.51. The molecule has 0 amide bonds. The van der Waals surface area contributed by atoms with Gasteiger partial charge in [0.1, 0.15) is 0 Å². The van der Waals surface area contributed by atoms with E-state index in [0.717, 1.165) is 5.56 Å². The van der Waals surface area contributed by atoms with E-state index >= 15 is 0 Å². The van der Waals surface area contributed by atoms with Crippen LogP contribution in [0.1, 0.15) is 18.6 Å². The maximum atomic E-state index is 8.83. The fourth-order valence-corrected chi connectivity index (χ4v) is 1.08. The molecule has 1 aromatic rings. The van der Waals surface area contributed by atoms with Crippen LogP contribution in [0.5, 0.6) is 0 Å². The smallest absolute Gasteiger partial charge is 0.423 e. The lowest BCUT2D eigenvalue weighted by molar-refractivity contribution is 0.119. The van der Waals surface area contributed by atoms with Gasteiger partial charge in [0, 0.05) is 7.11 Å². The summed E-state index contributed by atoms with van der Waals surface area (Å²) in [7, 11) is 0.242. The van der Waals surface area contributed by atoms with Gasteiger partial charge in [0.05, 0.1) is 6.10 Å². The normalized spacial score (nSPS) is 12.6. The first-order chi connectivity index (χ1) is 6.15. The first kappa shape index (κ1) is 10.2. The third-order valence-corrected chi connectivity index (χ3v) is 2.06. The summed E-state index contributed by atoms with van der Waals surface area (Å²) in [4.78, 5) is 0. The molecule has 0 heterocycles. The summed E-state index contributed by atoms with van der Waals surface area (Å²) in [6, 6.07) is 7.00. The molecule has 1 rings (SSSR count). The summed E-state index contributed by atoms with van der Waals surface area (Å²) in [5.74, 6) is 0.